The number of ether oxygens (including phenoxy) is 2. The van der Waals surface area contributed by atoms with Crippen LogP contribution in [0.4, 0.5) is 26.3 Å². The van der Waals surface area contributed by atoms with E-state index in [4.69, 9.17) is 5.73 Å². The topological polar surface area (TPSA) is 44.5 Å². The van der Waals surface area contributed by atoms with Gasteiger partial charge in [0.1, 0.15) is 11.5 Å². The van der Waals surface area contributed by atoms with Crippen molar-refractivity contribution < 1.29 is 35.8 Å². The zero-order valence-electron chi connectivity index (χ0n) is 11.6. The highest BCUT2D eigenvalue weighted by molar-refractivity contribution is 5.40. The van der Waals surface area contributed by atoms with Crippen LogP contribution in [0.3, 0.4) is 0 Å². The largest absolute Gasteiger partial charge is 0.573 e. The number of nitrogens with two attached hydrogens (primary N) is 1. The average molecular weight is 331 g/mol. The highest BCUT2D eigenvalue weighted by Crippen LogP contribution is 2.33. The Bertz CT molecular complexity index is 452. The standard InChI is InChI=1S/C13H15F6NO2/c1-2-3-4-11(20)8-5-9(21-12(14,15)16)7-10(6-8)22-13(17,18)19/h5-7,11H,2-4,20H2,1H3/t11-/m0/s1. The van der Waals surface area contributed by atoms with Crippen LogP contribution in [0.15, 0.2) is 18.2 Å². The van der Waals surface area contributed by atoms with Crippen molar-refractivity contribution in [3.05, 3.63) is 23.8 Å². The number of unbranched alkanes of at least 4 members (excludes halogenated alkanes) is 1. The van der Waals surface area contributed by atoms with E-state index in [0.717, 1.165) is 18.6 Å². The first-order valence-corrected chi connectivity index (χ1v) is 6.42. The van der Waals surface area contributed by atoms with E-state index in [-0.39, 0.29) is 5.56 Å². The molecule has 0 aromatic heterocycles. The third-order valence-electron chi connectivity index (χ3n) is 2.67. The molecular weight excluding hydrogens is 316 g/mol. The number of halogens is 6. The second-order valence-corrected chi connectivity index (χ2v) is 4.58. The number of benzene rings is 1. The first-order valence-electron chi connectivity index (χ1n) is 6.42. The van der Waals surface area contributed by atoms with Crippen molar-refractivity contribution in [1.82, 2.24) is 0 Å². The molecule has 0 unspecified atom stereocenters. The first-order chi connectivity index (χ1) is 10.00. The average Bonchev–Trinajstić information content (AvgIpc) is 2.31. The lowest BCUT2D eigenvalue weighted by Crippen LogP contribution is -2.20. The summed E-state index contributed by atoms with van der Waals surface area (Å²) in [5, 5.41) is 0. The second kappa shape index (κ2) is 7.08. The second-order valence-electron chi connectivity index (χ2n) is 4.58. The third-order valence-corrected chi connectivity index (χ3v) is 2.67. The van der Waals surface area contributed by atoms with E-state index in [2.05, 4.69) is 9.47 Å². The summed E-state index contributed by atoms with van der Waals surface area (Å²) in [6.45, 7) is 1.88. The van der Waals surface area contributed by atoms with Gasteiger partial charge >= 0.3 is 12.7 Å². The minimum absolute atomic E-state index is 0.0782. The molecule has 1 atom stereocenters. The molecule has 0 radical (unpaired) electrons. The van der Waals surface area contributed by atoms with Gasteiger partial charge in [-0.05, 0) is 24.1 Å². The van der Waals surface area contributed by atoms with Gasteiger partial charge in [0.2, 0.25) is 0 Å². The molecule has 0 spiro atoms. The molecule has 0 heterocycles. The summed E-state index contributed by atoms with van der Waals surface area (Å²) in [5.41, 5.74) is 5.85. The number of hydrogen-bond acceptors (Lipinski definition) is 3. The molecule has 9 heteroatoms. The van der Waals surface area contributed by atoms with Crippen LogP contribution in [0.25, 0.3) is 0 Å². The van der Waals surface area contributed by atoms with Gasteiger partial charge in [0.15, 0.2) is 0 Å². The van der Waals surface area contributed by atoms with E-state index in [0.29, 0.717) is 18.9 Å². The summed E-state index contributed by atoms with van der Waals surface area (Å²) in [5.74, 6) is -1.62. The molecule has 0 bridgehead atoms. The van der Waals surface area contributed by atoms with Crippen LogP contribution >= 0.6 is 0 Å². The highest BCUT2D eigenvalue weighted by Gasteiger charge is 2.34. The molecular formula is C13H15F6NO2. The summed E-state index contributed by atoms with van der Waals surface area (Å²) in [6.07, 6.45) is -8.17. The van der Waals surface area contributed by atoms with Crippen molar-refractivity contribution in [1.29, 1.82) is 0 Å². The van der Waals surface area contributed by atoms with E-state index < -0.39 is 30.3 Å². The summed E-state index contributed by atoms with van der Waals surface area (Å²) in [7, 11) is 0. The molecule has 0 aliphatic heterocycles. The lowest BCUT2D eigenvalue weighted by molar-refractivity contribution is -0.276. The molecule has 126 valence electrons. The fourth-order valence-electron chi connectivity index (χ4n) is 1.78. The van der Waals surface area contributed by atoms with Gasteiger partial charge in [0.05, 0.1) is 0 Å². The van der Waals surface area contributed by atoms with Gasteiger partial charge in [-0.25, -0.2) is 0 Å². The fraction of sp³-hybridized carbons (Fsp3) is 0.538. The lowest BCUT2D eigenvalue weighted by atomic mass is 10.0. The minimum Gasteiger partial charge on any atom is -0.406 e. The molecule has 1 aromatic rings. The summed E-state index contributed by atoms with van der Waals surface area (Å²) < 4.78 is 80.7. The zero-order chi connectivity index (χ0) is 17.0. The van der Waals surface area contributed by atoms with Gasteiger partial charge in [-0.15, -0.1) is 26.3 Å². The zero-order valence-corrected chi connectivity index (χ0v) is 11.6. The molecule has 2 N–H and O–H groups in total. The quantitative estimate of drug-likeness (QED) is 0.770. The molecule has 1 aromatic carbocycles. The maximum Gasteiger partial charge on any atom is 0.573 e. The molecule has 0 fully saturated rings. The van der Waals surface area contributed by atoms with E-state index in [9.17, 15) is 26.3 Å². The van der Waals surface area contributed by atoms with Gasteiger partial charge in [-0.1, -0.05) is 19.8 Å². The molecule has 1 rings (SSSR count). The van der Waals surface area contributed by atoms with Gasteiger partial charge < -0.3 is 15.2 Å². The Balaban J connectivity index is 3.08. The Morgan fingerprint density at radius 2 is 1.41 bits per heavy atom. The number of rotatable bonds is 6. The monoisotopic (exact) mass is 331 g/mol. The molecule has 3 nitrogen and oxygen atoms in total. The normalized spacial score (nSPS) is 13.8. The SMILES string of the molecule is CCCC[C@H](N)c1cc(OC(F)(F)F)cc(OC(F)(F)F)c1. The Morgan fingerprint density at radius 1 is 0.955 bits per heavy atom. The van der Waals surface area contributed by atoms with E-state index >= 15 is 0 Å². The molecule has 0 amide bonds. The Morgan fingerprint density at radius 3 is 1.77 bits per heavy atom. The molecule has 0 saturated carbocycles. The lowest BCUT2D eigenvalue weighted by Gasteiger charge is -2.17. The van der Waals surface area contributed by atoms with Gasteiger partial charge in [-0.2, -0.15) is 0 Å². The Hall–Kier alpha value is -1.64. The highest BCUT2D eigenvalue weighted by atomic mass is 19.4. The van der Waals surface area contributed by atoms with Crippen molar-refractivity contribution in [2.75, 3.05) is 0 Å². The third kappa shape index (κ3) is 6.88. The van der Waals surface area contributed by atoms with Crippen LogP contribution in [-0.4, -0.2) is 12.7 Å². The van der Waals surface area contributed by atoms with E-state index in [1.54, 1.807) is 0 Å². The van der Waals surface area contributed by atoms with Crippen LogP contribution in [0.2, 0.25) is 0 Å². The minimum atomic E-state index is -5.03. The molecule has 0 aliphatic rings. The fourth-order valence-corrected chi connectivity index (χ4v) is 1.78. The summed E-state index contributed by atoms with van der Waals surface area (Å²) in [4.78, 5) is 0. The summed E-state index contributed by atoms with van der Waals surface area (Å²) in [6, 6.07) is 1.71. The molecule has 0 aliphatic carbocycles. The smallest absolute Gasteiger partial charge is 0.406 e. The van der Waals surface area contributed by atoms with Crippen LogP contribution in [0, 0.1) is 0 Å². The van der Waals surface area contributed by atoms with Crippen LogP contribution in [0.5, 0.6) is 11.5 Å². The van der Waals surface area contributed by atoms with Crippen LogP contribution in [-0.2, 0) is 0 Å². The predicted molar refractivity (Wildman–Crippen MR) is 66.3 cm³/mol. The van der Waals surface area contributed by atoms with Crippen molar-refractivity contribution >= 4 is 0 Å². The number of hydrogen-bond donors (Lipinski definition) is 1. The van der Waals surface area contributed by atoms with Crippen molar-refractivity contribution in [3.8, 4) is 11.5 Å². The van der Waals surface area contributed by atoms with Crippen molar-refractivity contribution in [2.45, 2.75) is 45.0 Å². The maximum absolute atomic E-state index is 12.2. The van der Waals surface area contributed by atoms with Crippen molar-refractivity contribution in [3.63, 3.8) is 0 Å². The van der Waals surface area contributed by atoms with E-state index in [1.165, 1.54) is 0 Å². The predicted octanol–water partition coefficient (Wildman–Crippen LogP) is 4.67. The van der Waals surface area contributed by atoms with Crippen molar-refractivity contribution in [2.24, 2.45) is 5.73 Å². The summed E-state index contributed by atoms with van der Waals surface area (Å²) >= 11 is 0. The van der Waals surface area contributed by atoms with Crippen LogP contribution in [0.1, 0.15) is 37.8 Å². The Labute approximate surface area is 123 Å². The van der Waals surface area contributed by atoms with Crippen LogP contribution < -0.4 is 15.2 Å². The Kier molecular flexibility index (Phi) is 5.92. The maximum atomic E-state index is 12.2. The molecule has 0 saturated heterocycles. The van der Waals surface area contributed by atoms with Gasteiger partial charge in [0.25, 0.3) is 0 Å². The van der Waals surface area contributed by atoms with Gasteiger partial charge in [0, 0.05) is 12.1 Å². The van der Waals surface area contributed by atoms with E-state index in [1.807, 2.05) is 6.92 Å². The van der Waals surface area contributed by atoms with Gasteiger partial charge in [-0.3, -0.25) is 0 Å². The number of alkyl halides is 6. The first kappa shape index (κ1) is 18.4. The molecule has 22 heavy (non-hydrogen) atoms.